The lowest BCUT2D eigenvalue weighted by Gasteiger charge is -2.30. The monoisotopic (exact) mass is 434 g/mol. The molecular weight excluding hydrogens is 411 g/mol. The van der Waals surface area contributed by atoms with Crippen LogP contribution in [0.15, 0.2) is 47.4 Å². The van der Waals surface area contributed by atoms with Crippen molar-refractivity contribution in [2.24, 2.45) is 5.92 Å². The van der Waals surface area contributed by atoms with Crippen molar-refractivity contribution in [3.63, 3.8) is 0 Å². The molecule has 0 atom stereocenters. The fourth-order valence-corrected chi connectivity index (χ4v) is 5.22. The third-order valence-electron chi connectivity index (χ3n) is 5.35. The van der Waals surface area contributed by atoms with Crippen LogP contribution in [0.5, 0.6) is 11.5 Å². The molecule has 30 heavy (non-hydrogen) atoms. The largest absolute Gasteiger partial charge is 0.486 e. The van der Waals surface area contributed by atoms with E-state index in [1.807, 2.05) is 18.2 Å². The van der Waals surface area contributed by atoms with Gasteiger partial charge in [-0.05, 0) is 42.7 Å². The minimum Gasteiger partial charge on any atom is -0.486 e. The maximum atomic E-state index is 13.9. The second kappa shape index (κ2) is 8.61. The topological polar surface area (TPSA) is 84.9 Å². The Kier molecular flexibility index (Phi) is 5.92. The maximum Gasteiger partial charge on any atom is 0.245 e. The van der Waals surface area contributed by atoms with E-state index in [0.717, 1.165) is 11.6 Å². The molecule has 0 saturated carbocycles. The second-order valence-electron chi connectivity index (χ2n) is 7.30. The van der Waals surface area contributed by atoms with E-state index in [2.05, 4.69) is 5.32 Å². The van der Waals surface area contributed by atoms with E-state index in [1.54, 1.807) is 0 Å². The number of rotatable bonds is 5. The second-order valence-corrected chi connectivity index (χ2v) is 9.21. The quantitative estimate of drug-likeness (QED) is 0.781. The molecule has 160 valence electrons. The average Bonchev–Trinajstić information content (AvgIpc) is 2.77. The standard InChI is InChI=1S/C21H23FN2O5S/c22-17-3-1-2-4-20(17)30(26,27)24-9-7-16(8-10-24)21(25)23-14-15-5-6-18-19(13-15)29-12-11-28-18/h1-6,13,16H,7-12,14H2,(H,23,25). The fourth-order valence-electron chi connectivity index (χ4n) is 3.68. The van der Waals surface area contributed by atoms with E-state index in [4.69, 9.17) is 9.47 Å². The van der Waals surface area contributed by atoms with Gasteiger partial charge in [-0.2, -0.15) is 4.31 Å². The summed E-state index contributed by atoms with van der Waals surface area (Å²) in [6, 6.07) is 10.9. The number of hydrogen-bond acceptors (Lipinski definition) is 5. The van der Waals surface area contributed by atoms with E-state index in [9.17, 15) is 17.6 Å². The van der Waals surface area contributed by atoms with Crippen LogP contribution in [0.2, 0.25) is 0 Å². The lowest BCUT2D eigenvalue weighted by atomic mass is 9.97. The molecule has 2 aliphatic heterocycles. The maximum absolute atomic E-state index is 13.9. The van der Waals surface area contributed by atoms with E-state index in [1.165, 1.54) is 22.5 Å². The number of sulfonamides is 1. The number of benzene rings is 2. The Balaban J connectivity index is 1.32. The van der Waals surface area contributed by atoms with Crippen molar-refractivity contribution >= 4 is 15.9 Å². The molecular formula is C21H23FN2O5S. The van der Waals surface area contributed by atoms with Crippen molar-refractivity contribution in [3.05, 3.63) is 53.8 Å². The molecule has 9 heteroatoms. The normalized spacial score (nSPS) is 17.5. The molecule has 7 nitrogen and oxygen atoms in total. The van der Waals surface area contributed by atoms with Gasteiger partial charge in [-0.25, -0.2) is 12.8 Å². The number of fused-ring (bicyclic) bond motifs is 1. The number of nitrogens with one attached hydrogen (secondary N) is 1. The summed E-state index contributed by atoms with van der Waals surface area (Å²) in [7, 11) is -3.91. The zero-order chi connectivity index (χ0) is 21.1. The summed E-state index contributed by atoms with van der Waals surface area (Å²) in [6.07, 6.45) is 0.779. The first-order chi connectivity index (χ1) is 14.4. The van der Waals surface area contributed by atoms with Gasteiger partial charge in [0.2, 0.25) is 15.9 Å². The van der Waals surface area contributed by atoms with Crippen LogP contribution < -0.4 is 14.8 Å². The van der Waals surface area contributed by atoms with Gasteiger partial charge in [0.15, 0.2) is 11.5 Å². The Morgan fingerprint density at radius 2 is 1.77 bits per heavy atom. The smallest absolute Gasteiger partial charge is 0.245 e. The summed E-state index contributed by atoms with van der Waals surface area (Å²) in [4.78, 5) is 12.2. The van der Waals surface area contributed by atoms with Crippen LogP contribution in [0, 0.1) is 11.7 Å². The zero-order valence-electron chi connectivity index (χ0n) is 16.3. The highest BCUT2D eigenvalue weighted by atomic mass is 32.2. The van der Waals surface area contributed by atoms with Gasteiger partial charge < -0.3 is 14.8 Å². The predicted molar refractivity (Wildman–Crippen MR) is 107 cm³/mol. The molecule has 0 spiro atoms. The number of carbonyl (C=O) groups excluding carboxylic acids is 1. The lowest BCUT2D eigenvalue weighted by molar-refractivity contribution is -0.126. The average molecular weight is 434 g/mol. The van der Waals surface area contributed by atoms with Crippen LogP contribution in [0.4, 0.5) is 4.39 Å². The number of piperidine rings is 1. The van der Waals surface area contributed by atoms with Crippen LogP contribution in [-0.4, -0.2) is 44.9 Å². The third-order valence-corrected chi connectivity index (χ3v) is 7.28. The number of hydrogen-bond donors (Lipinski definition) is 1. The summed E-state index contributed by atoms with van der Waals surface area (Å²) in [5.41, 5.74) is 0.896. The molecule has 0 bridgehead atoms. The molecule has 0 radical (unpaired) electrons. The van der Waals surface area contributed by atoms with Gasteiger partial charge in [-0.15, -0.1) is 0 Å². The van der Waals surface area contributed by atoms with E-state index < -0.39 is 15.8 Å². The Bertz CT molecular complexity index is 1040. The number of amides is 1. The van der Waals surface area contributed by atoms with Crippen LogP contribution in [0.3, 0.4) is 0 Å². The van der Waals surface area contributed by atoms with Crippen molar-refractivity contribution in [1.82, 2.24) is 9.62 Å². The molecule has 1 N–H and O–H groups in total. The third kappa shape index (κ3) is 4.27. The molecule has 1 saturated heterocycles. The Morgan fingerprint density at radius 1 is 1.07 bits per heavy atom. The Hall–Kier alpha value is -2.65. The van der Waals surface area contributed by atoms with Gasteiger partial charge in [0.1, 0.15) is 23.9 Å². The van der Waals surface area contributed by atoms with Gasteiger partial charge in [0, 0.05) is 25.6 Å². The highest BCUT2D eigenvalue weighted by molar-refractivity contribution is 7.89. The van der Waals surface area contributed by atoms with Gasteiger partial charge in [0.05, 0.1) is 0 Å². The van der Waals surface area contributed by atoms with Gasteiger partial charge >= 0.3 is 0 Å². The zero-order valence-corrected chi connectivity index (χ0v) is 17.2. The first-order valence-corrected chi connectivity index (χ1v) is 11.3. The molecule has 4 rings (SSSR count). The number of halogens is 1. The van der Waals surface area contributed by atoms with Gasteiger partial charge in [-0.3, -0.25) is 4.79 Å². The number of ether oxygens (including phenoxy) is 2. The molecule has 2 heterocycles. The predicted octanol–water partition coefficient (Wildman–Crippen LogP) is 2.31. The molecule has 2 aromatic rings. The van der Waals surface area contributed by atoms with Crippen molar-refractivity contribution in [2.75, 3.05) is 26.3 Å². The summed E-state index contributed by atoms with van der Waals surface area (Å²) in [6.45, 7) is 1.73. The van der Waals surface area contributed by atoms with Crippen molar-refractivity contribution in [2.45, 2.75) is 24.3 Å². The van der Waals surface area contributed by atoms with E-state index >= 15 is 0 Å². The summed E-state index contributed by atoms with van der Waals surface area (Å²) in [5.74, 6) is 0.193. The molecule has 2 aliphatic rings. The highest BCUT2D eigenvalue weighted by Gasteiger charge is 2.33. The first kappa shape index (κ1) is 20.6. The van der Waals surface area contributed by atoms with Crippen molar-refractivity contribution < 1.29 is 27.1 Å². The fraction of sp³-hybridized carbons (Fsp3) is 0.381. The van der Waals surface area contributed by atoms with E-state index in [0.29, 0.717) is 44.1 Å². The van der Waals surface area contributed by atoms with Gasteiger partial charge in [-0.1, -0.05) is 18.2 Å². The molecule has 0 aliphatic carbocycles. The number of nitrogens with zero attached hydrogens (tertiary/aromatic N) is 1. The molecule has 1 amide bonds. The van der Waals surface area contributed by atoms with Crippen LogP contribution in [-0.2, 0) is 21.4 Å². The molecule has 1 fully saturated rings. The highest BCUT2D eigenvalue weighted by Crippen LogP contribution is 2.31. The van der Waals surface area contributed by atoms with E-state index in [-0.39, 0.29) is 29.8 Å². The number of carbonyl (C=O) groups is 1. The summed E-state index contributed by atoms with van der Waals surface area (Å²) in [5, 5.41) is 2.91. The van der Waals surface area contributed by atoms with Gasteiger partial charge in [0.25, 0.3) is 0 Å². The lowest BCUT2D eigenvalue weighted by Crippen LogP contribution is -2.43. The van der Waals surface area contributed by atoms with Crippen LogP contribution in [0.1, 0.15) is 18.4 Å². The summed E-state index contributed by atoms with van der Waals surface area (Å²) < 4.78 is 51.6. The van der Waals surface area contributed by atoms with Crippen LogP contribution in [0.25, 0.3) is 0 Å². The molecule has 0 aromatic heterocycles. The van der Waals surface area contributed by atoms with Crippen LogP contribution >= 0.6 is 0 Å². The Morgan fingerprint density at radius 3 is 2.50 bits per heavy atom. The van der Waals surface area contributed by atoms with Crippen molar-refractivity contribution in [1.29, 1.82) is 0 Å². The minimum atomic E-state index is -3.91. The summed E-state index contributed by atoms with van der Waals surface area (Å²) >= 11 is 0. The van der Waals surface area contributed by atoms with Crippen molar-refractivity contribution in [3.8, 4) is 11.5 Å². The minimum absolute atomic E-state index is 0.118. The molecule has 2 aromatic carbocycles. The SMILES string of the molecule is O=C(NCc1ccc2c(c1)OCCO2)C1CCN(S(=O)(=O)c2ccccc2F)CC1. The first-order valence-electron chi connectivity index (χ1n) is 9.86. The molecule has 0 unspecified atom stereocenters. The Labute approximate surface area is 174 Å².